The first kappa shape index (κ1) is 15.5. The highest BCUT2D eigenvalue weighted by Gasteiger charge is 2.26. The van der Waals surface area contributed by atoms with Crippen molar-refractivity contribution in [3.63, 3.8) is 0 Å². The van der Waals surface area contributed by atoms with Gasteiger partial charge in [0.05, 0.1) is 0 Å². The van der Waals surface area contributed by atoms with Gasteiger partial charge in [0.2, 0.25) is 0 Å². The number of hydrogen-bond donors (Lipinski definition) is 1. The molecule has 0 aliphatic carbocycles. The maximum absolute atomic E-state index is 9.40. The molecule has 1 aliphatic rings. The van der Waals surface area contributed by atoms with Crippen molar-refractivity contribution in [1.29, 1.82) is 0 Å². The van der Waals surface area contributed by atoms with Crippen LogP contribution in [0.25, 0.3) is 0 Å². The number of piperidine rings is 1. The average molecular weight is 276 g/mol. The van der Waals surface area contributed by atoms with E-state index >= 15 is 0 Å². The predicted molar refractivity (Wildman–Crippen MR) is 82.8 cm³/mol. The molecule has 0 bridgehead atoms. The number of aliphatic hydroxyl groups excluding tert-OH is 1. The zero-order chi connectivity index (χ0) is 14.4. The van der Waals surface area contributed by atoms with Gasteiger partial charge in [-0.1, -0.05) is 19.4 Å². The second kappa shape index (κ2) is 7.75. The van der Waals surface area contributed by atoms with Crippen molar-refractivity contribution in [2.75, 3.05) is 19.7 Å². The molecule has 1 fully saturated rings. The summed E-state index contributed by atoms with van der Waals surface area (Å²) < 4.78 is 0. The third-order valence-electron chi connectivity index (χ3n) is 4.49. The summed E-state index contributed by atoms with van der Waals surface area (Å²) in [7, 11) is 0. The van der Waals surface area contributed by atoms with E-state index in [-0.39, 0.29) is 0 Å². The second-order valence-corrected chi connectivity index (χ2v) is 6.17. The van der Waals surface area contributed by atoms with Crippen molar-refractivity contribution < 1.29 is 5.11 Å². The lowest BCUT2D eigenvalue weighted by molar-refractivity contribution is 0.0744. The van der Waals surface area contributed by atoms with E-state index in [1.807, 2.05) is 13.1 Å². The minimum absolute atomic E-state index is 0.309. The van der Waals surface area contributed by atoms with Crippen LogP contribution in [0.15, 0.2) is 18.3 Å². The molecule has 1 aliphatic heterocycles. The van der Waals surface area contributed by atoms with Gasteiger partial charge >= 0.3 is 0 Å². The van der Waals surface area contributed by atoms with Crippen LogP contribution < -0.4 is 0 Å². The number of aromatic nitrogens is 1. The van der Waals surface area contributed by atoms with Gasteiger partial charge in [0.25, 0.3) is 0 Å². The summed E-state index contributed by atoms with van der Waals surface area (Å²) in [6, 6.07) is 4.85. The molecule has 2 unspecified atom stereocenters. The fourth-order valence-corrected chi connectivity index (χ4v) is 3.19. The Balaban J connectivity index is 1.80. The van der Waals surface area contributed by atoms with Gasteiger partial charge in [-0.05, 0) is 63.2 Å². The molecule has 3 nitrogen and oxygen atoms in total. The zero-order valence-electron chi connectivity index (χ0n) is 12.9. The average Bonchev–Trinajstić information content (AvgIpc) is 2.49. The minimum Gasteiger partial charge on any atom is -0.396 e. The van der Waals surface area contributed by atoms with Crippen molar-refractivity contribution in [2.45, 2.75) is 52.0 Å². The van der Waals surface area contributed by atoms with Crippen LogP contribution in [0, 0.1) is 12.8 Å². The maximum Gasteiger partial charge on any atom is 0.0471 e. The summed E-state index contributed by atoms with van der Waals surface area (Å²) >= 11 is 0. The van der Waals surface area contributed by atoms with E-state index in [0.717, 1.165) is 18.7 Å². The van der Waals surface area contributed by atoms with Gasteiger partial charge in [0.15, 0.2) is 0 Å². The number of aryl methyl sites for hydroxylation is 2. The Bertz CT molecular complexity index is 390. The first-order valence-corrected chi connectivity index (χ1v) is 7.97. The third kappa shape index (κ3) is 4.29. The molecule has 0 spiro atoms. The third-order valence-corrected chi connectivity index (χ3v) is 4.49. The Labute approximate surface area is 123 Å². The molecule has 1 aromatic rings. The standard InChI is InChI=1S/C17H28N2O/c1-14(13-20)17-7-3-4-10-19(17)11-5-6-16-9-8-15(2)18-12-16/h8-9,12,14,17,20H,3-7,10-11,13H2,1-2H3. The minimum atomic E-state index is 0.309. The summed E-state index contributed by atoms with van der Waals surface area (Å²) in [6.07, 6.45) is 8.14. The molecular formula is C17H28N2O. The lowest BCUT2D eigenvalue weighted by Crippen LogP contribution is -2.44. The molecule has 1 saturated heterocycles. The molecule has 0 amide bonds. The van der Waals surface area contributed by atoms with Gasteiger partial charge in [-0.3, -0.25) is 4.98 Å². The van der Waals surface area contributed by atoms with Crippen molar-refractivity contribution in [1.82, 2.24) is 9.88 Å². The van der Waals surface area contributed by atoms with Crippen LogP contribution in [0.4, 0.5) is 0 Å². The maximum atomic E-state index is 9.40. The van der Waals surface area contributed by atoms with Crippen molar-refractivity contribution >= 4 is 0 Å². The van der Waals surface area contributed by atoms with Crippen molar-refractivity contribution in [3.05, 3.63) is 29.6 Å². The van der Waals surface area contributed by atoms with Crippen molar-refractivity contribution in [3.8, 4) is 0 Å². The Morgan fingerprint density at radius 1 is 1.40 bits per heavy atom. The molecule has 20 heavy (non-hydrogen) atoms. The van der Waals surface area contributed by atoms with Gasteiger partial charge in [-0.25, -0.2) is 0 Å². The summed E-state index contributed by atoms with van der Waals surface area (Å²) in [5, 5.41) is 9.40. The Morgan fingerprint density at radius 2 is 2.25 bits per heavy atom. The van der Waals surface area contributed by atoms with Crippen LogP contribution in [-0.2, 0) is 6.42 Å². The quantitative estimate of drug-likeness (QED) is 0.868. The summed E-state index contributed by atoms with van der Waals surface area (Å²) in [6.45, 7) is 6.85. The summed E-state index contributed by atoms with van der Waals surface area (Å²) in [5.74, 6) is 0.399. The highest BCUT2D eigenvalue weighted by atomic mass is 16.3. The van der Waals surface area contributed by atoms with E-state index in [1.165, 1.54) is 37.8 Å². The molecular weight excluding hydrogens is 248 g/mol. The monoisotopic (exact) mass is 276 g/mol. The number of rotatable bonds is 6. The van der Waals surface area contributed by atoms with E-state index in [4.69, 9.17) is 0 Å². The molecule has 112 valence electrons. The van der Waals surface area contributed by atoms with Crippen LogP contribution in [0.2, 0.25) is 0 Å². The normalized spacial score (nSPS) is 21.9. The lowest BCUT2D eigenvalue weighted by Gasteiger charge is -2.38. The predicted octanol–water partition coefficient (Wildman–Crippen LogP) is 2.81. The van der Waals surface area contributed by atoms with E-state index < -0.39 is 0 Å². The Hall–Kier alpha value is -0.930. The SMILES string of the molecule is Cc1ccc(CCCN2CCCCC2C(C)CO)cn1. The number of hydrogen-bond acceptors (Lipinski definition) is 3. The highest BCUT2D eigenvalue weighted by molar-refractivity contribution is 5.13. The van der Waals surface area contributed by atoms with Crippen LogP contribution in [0.5, 0.6) is 0 Å². The zero-order valence-corrected chi connectivity index (χ0v) is 12.9. The second-order valence-electron chi connectivity index (χ2n) is 6.17. The molecule has 1 N–H and O–H groups in total. The van der Waals surface area contributed by atoms with Gasteiger partial charge in [-0.15, -0.1) is 0 Å². The number of nitrogens with zero attached hydrogens (tertiary/aromatic N) is 2. The first-order chi connectivity index (χ1) is 9.70. The smallest absolute Gasteiger partial charge is 0.0471 e. The van der Waals surface area contributed by atoms with E-state index in [2.05, 4.69) is 28.9 Å². The molecule has 2 heterocycles. The van der Waals surface area contributed by atoms with E-state index in [1.54, 1.807) is 0 Å². The molecule has 2 rings (SSSR count). The fraction of sp³-hybridized carbons (Fsp3) is 0.706. The molecule has 2 atom stereocenters. The van der Waals surface area contributed by atoms with Crippen LogP contribution in [-0.4, -0.2) is 40.7 Å². The molecule has 3 heteroatoms. The van der Waals surface area contributed by atoms with Crippen LogP contribution in [0.1, 0.15) is 43.9 Å². The Morgan fingerprint density at radius 3 is 2.95 bits per heavy atom. The van der Waals surface area contributed by atoms with Crippen LogP contribution >= 0.6 is 0 Å². The summed E-state index contributed by atoms with van der Waals surface area (Å²) in [4.78, 5) is 6.94. The molecule has 0 aromatic carbocycles. The summed E-state index contributed by atoms with van der Waals surface area (Å²) in [5.41, 5.74) is 2.42. The van der Waals surface area contributed by atoms with Gasteiger partial charge < -0.3 is 10.0 Å². The molecule has 0 saturated carbocycles. The van der Waals surface area contributed by atoms with Gasteiger partial charge in [-0.2, -0.15) is 0 Å². The van der Waals surface area contributed by atoms with Gasteiger partial charge in [0.1, 0.15) is 0 Å². The molecule has 0 radical (unpaired) electrons. The topological polar surface area (TPSA) is 36.4 Å². The van der Waals surface area contributed by atoms with E-state index in [0.29, 0.717) is 18.6 Å². The number of pyridine rings is 1. The Kier molecular flexibility index (Phi) is 5.99. The lowest BCUT2D eigenvalue weighted by atomic mass is 9.91. The van der Waals surface area contributed by atoms with Crippen molar-refractivity contribution in [2.24, 2.45) is 5.92 Å². The fourth-order valence-electron chi connectivity index (χ4n) is 3.19. The highest BCUT2D eigenvalue weighted by Crippen LogP contribution is 2.23. The number of likely N-dealkylation sites (tertiary alicyclic amines) is 1. The van der Waals surface area contributed by atoms with Gasteiger partial charge in [0, 0.05) is 24.5 Å². The van der Waals surface area contributed by atoms with Crippen LogP contribution in [0.3, 0.4) is 0 Å². The largest absolute Gasteiger partial charge is 0.396 e. The van der Waals surface area contributed by atoms with E-state index in [9.17, 15) is 5.11 Å². The number of aliphatic hydroxyl groups is 1. The molecule has 1 aromatic heterocycles. The first-order valence-electron chi connectivity index (χ1n) is 7.97.